The predicted molar refractivity (Wildman–Crippen MR) is 77.7 cm³/mol. The molecule has 1 saturated heterocycles. The molecule has 0 bridgehead atoms. The third-order valence-electron chi connectivity index (χ3n) is 3.11. The van der Waals surface area contributed by atoms with E-state index in [1.165, 1.54) is 0 Å². The minimum atomic E-state index is 0. The number of amides is 1. The van der Waals surface area contributed by atoms with E-state index in [0.717, 1.165) is 30.8 Å². The van der Waals surface area contributed by atoms with E-state index in [1.54, 1.807) is 0 Å². The molecule has 2 rings (SSSR count). The average molecular weight is 285 g/mol. The van der Waals surface area contributed by atoms with Crippen LogP contribution < -0.4 is 15.4 Å². The van der Waals surface area contributed by atoms with Gasteiger partial charge in [-0.05, 0) is 37.6 Å². The van der Waals surface area contributed by atoms with Gasteiger partial charge in [0, 0.05) is 13.1 Å². The molecule has 1 aromatic rings. The molecule has 1 aromatic carbocycles. The number of nitrogens with one attached hydrogen (secondary N) is 2. The summed E-state index contributed by atoms with van der Waals surface area (Å²) in [7, 11) is 0. The van der Waals surface area contributed by atoms with Crippen molar-refractivity contribution in [2.75, 3.05) is 19.7 Å². The molecule has 1 fully saturated rings. The smallest absolute Gasteiger partial charge is 0.224 e. The normalized spacial score (nSPS) is 17.6. The van der Waals surface area contributed by atoms with E-state index in [9.17, 15) is 4.79 Å². The van der Waals surface area contributed by atoms with E-state index in [1.807, 2.05) is 31.2 Å². The van der Waals surface area contributed by atoms with E-state index in [0.29, 0.717) is 13.2 Å². The van der Waals surface area contributed by atoms with E-state index in [-0.39, 0.29) is 24.2 Å². The van der Waals surface area contributed by atoms with E-state index >= 15 is 0 Å². The third kappa shape index (κ3) is 4.73. The molecular formula is C14H21ClN2O2. The van der Waals surface area contributed by atoms with Crippen molar-refractivity contribution >= 4 is 18.3 Å². The summed E-state index contributed by atoms with van der Waals surface area (Å²) < 4.78 is 5.43. The molecule has 1 heterocycles. The highest BCUT2D eigenvalue weighted by Gasteiger charge is 2.21. The monoisotopic (exact) mass is 284 g/mol. The van der Waals surface area contributed by atoms with Gasteiger partial charge in [-0.3, -0.25) is 4.79 Å². The Morgan fingerprint density at radius 1 is 1.53 bits per heavy atom. The number of benzene rings is 1. The second-order valence-corrected chi connectivity index (χ2v) is 4.49. The molecule has 106 valence electrons. The Hall–Kier alpha value is -1.26. The molecule has 4 nitrogen and oxygen atoms in total. The van der Waals surface area contributed by atoms with Crippen molar-refractivity contribution in [1.29, 1.82) is 0 Å². The van der Waals surface area contributed by atoms with Gasteiger partial charge in [0.05, 0.1) is 12.5 Å². The first-order valence-electron chi connectivity index (χ1n) is 6.49. The maximum absolute atomic E-state index is 11.8. The molecule has 5 heteroatoms. The second-order valence-electron chi connectivity index (χ2n) is 4.49. The average Bonchev–Trinajstić information content (AvgIpc) is 2.91. The van der Waals surface area contributed by atoms with Crippen LogP contribution in [0.1, 0.15) is 18.9 Å². The van der Waals surface area contributed by atoms with Crippen LogP contribution in [-0.4, -0.2) is 25.6 Å². The summed E-state index contributed by atoms with van der Waals surface area (Å²) in [6, 6.07) is 7.84. The zero-order valence-corrected chi connectivity index (χ0v) is 12.0. The lowest BCUT2D eigenvalue weighted by Crippen LogP contribution is -2.31. The molecule has 0 aliphatic carbocycles. The van der Waals surface area contributed by atoms with Gasteiger partial charge in [-0.1, -0.05) is 12.1 Å². The zero-order valence-electron chi connectivity index (χ0n) is 11.1. The lowest BCUT2D eigenvalue weighted by atomic mass is 10.1. The van der Waals surface area contributed by atoms with Crippen molar-refractivity contribution in [1.82, 2.24) is 10.6 Å². The van der Waals surface area contributed by atoms with Crippen molar-refractivity contribution in [2.24, 2.45) is 5.92 Å². The summed E-state index contributed by atoms with van der Waals surface area (Å²) in [5, 5.41) is 6.17. The Kier molecular flexibility index (Phi) is 6.67. The molecule has 19 heavy (non-hydrogen) atoms. The number of hydrogen-bond donors (Lipinski definition) is 2. The van der Waals surface area contributed by atoms with Crippen LogP contribution in [0.25, 0.3) is 0 Å². The molecule has 2 N–H and O–H groups in total. The first-order chi connectivity index (χ1) is 8.79. The summed E-state index contributed by atoms with van der Waals surface area (Å²) in [6.07, 6.45) is 0.935. The standard InChI is InChI=1S/C14H20N2O2.ClH/c1-2-18-13-5-3-4-11(8-13)9-16-14(17)12-6-7-15-10-12;/h3-5,8,12,15H,2,6-7,9-10H2,1H3,(H,16,17);1H. The Morgan fingerprint density at radius 3 is 3.05 bits per heavy atom. The van der Waals surface area contributed by atoms with Gasteiger partial charge in [0.25, 0.3) is 0 Å². The van der Waals surface area contributed by atoms with Gasteiger partial charge in [-0.2, -0.15) is 0 Å². The van der Waals surface area contributed by atoms with Crippen molar-refractivity contribution in [3.8, 4) is 5.75 Å². The van der Waals surface area contributed by atoms with Gasteiger partial charge in [0.2, 0.25) is 5.91 Å². The van der Waals surface area contributed by atoms with Crippen LogP contribution in [0.3, 0.4) is 0 Å². The van der Waals surface area contributed by atoms with Crippen molar-refractivity contribution in [3.05, 3.63) is 29.8 Å². The molecule has 1 aliphatic heterocycles. The largest absolute Gasteiger partial charge is 0.494 e. The van der Waals surface area contributed by atoms with Gasteiger partial charge in [-0.25, -0.2) is 0 Å². The first-order valence-corrected chi connectivity index (χ1v) is 6.49. The topological polar surface area (TPSA) is 50.4 Å². The fourth-order valence-corrected chi connectivity index (χ4v) is 2.12. The summed E-state index contributed by atoms with van der Waals surface area (Å²) in [5.41, 5.74) is 1.07. The molecular weight excluding hydrogens is 264 g/mol. The van der Waals surface area contributed by atoms with Crippen LogP contribution in [-0.2, 0) is 11.3 Å². The van der Waals surface area contributed by atoms with Crippen LogP contribution in [0.5, 0.6) is 5.75 Å². The van der Waals surface area contributed by atoms with Crippen molar-refractivity contribution < 1.29 is 9.53 Å². The minimum absolute atomic E-state index is 0. The Labute approximate surface area is 120 Å². The minimum Gasteiger partial charge on any atom is -0.494 e. The maximum atomic E-state index is 11.8. The Morgan fingerprint density at radius 2 is 2.37 bits per heavy atom. The molecule has 0 spiro atoms. The van der Waals surface area contributed by atoms with E-state index in [4.69, 9.17) is 4.74 Å². The summed E-state index contributed by atoms with van der Waals surface area (Å²) >= 11 is 0. The SMILES string of the molecule is CCOc1cccc(CNC(=O)C2CCNC2)c1.Cl. The van der Waals surface area contributed by atoms with Crippen LogP contribution in [0, 0.1) is 5.92 Å². The molecule has 0 radical (unpaired) electrons. The van der Waals surface area contributed by atoms with Crippen LogP contribution >= 0.6 is 12.4 Å². The number of carbonyl (C=O) groups excluding carboxylic acids is 1. The fraction of sp³-hybridized carbons (Fsp3) is 0.500. The Balaban J connectivity index is 0.00000180. The number of ether oxygens (including phenoxy) is 1. The quantitative estimate of drug-likeness (QED) is 0.866. The highest BCUT2D eigenvalue weighted by Crippen LogP contribution is 2.13. The number of carbonyl (C=O) groups is 1. The van der Waals surface area contributed by atoms with Crippen LogP contribution in [0.15, 0.2) is 24.3 Å². The number of rotatable bonds is 5. The summed E-state index contributed by atoms with van der Waals surface area (Å²) in [5.74, 6) is 1.12. The van der Waals surface area contributed by atoms with Crippen molar-refractivity contribution in [2.45, 2.75) is 19.9 Å². The molecule has 1 amide bonds. The number of halogens is 1. The molecule has 1 aliphatic rings. The molecule has 1 atom stereocenters. The maximum Gasteiger partial charge on any atom is 0.224 e. The van der Waals surface area contributed by atoms with Gasteiger partial charge < -0.3 is 15.4 Å². The second kappa shape index (κ2) is 8.02. The molecule has 0 aromatic heterocycles. The lowest BCUT2D eigenvalue weighted by Gasteiger charge is -2.10. The van der Waals surface area contributed by atoms with Gasteiger partial charge >= 0.3 is 0 Å². The van der Waals surface area contributed by atoms with Crippen LogP contribution in [0.4, 0.5) is 0 Å². The Bertz CT molecular complexity index is 406. The summed E-state index contributed by atoms with van der Waals surface area (Å²) in [6.45, 7) is 4.92. The van der Waals surface area contributed by atoms with Crippen molar-refractivity contribution in [3.63, 3.8) is 0 Å². The van der Waals surface area contributed by atoms with E-state index < -0.39 is 0 Å². The van der Waals surface area contributed by atoms with Gasteiger partial charge in [0.1, 0.15) is 5.75 Å². The lowest BCUT2D eigenvalue weighted by molar-refractivity contribution is -0.124. The summed E-state index contributed by atoms with van der Waals surface area (Å²) in [4.78, 5) is 11.8. The first kappa shape index (κ1) is 15.8. The third-order valence-corrected chi connectivity index (χ3v) is 3.11. The molecule has 0 saturated carbocycles. The predicted octanol–water partition coefficient (Wildman–Crippen LogP) is 1.73. The fourth-order valence-electron chi connectivity index (χ4n) is 2.12. The van der Waals surface area contributed by atoms with Crippen LogP contribution in [0.2, 0.25) is 0 Å². The highest BCUT2D eigenvalue weighted by atomic mass is 35.5. The molecule has 1 unspecified atom stereocenters. The van der Waals surface area contributed by atoms with E-state index in [2.05, 4.69) is 10.6 Å². The van der Waals surface area contributed by atoms with Gasteiger partial charge in [-0.15, -0.1) is 12.4 Å². The van der Waals surface area contributed by atoms with Gasteiger partial charge in [0.15, 0.2) is 0 Å². The highest BCUT2D eigenvalue weighted by molar-refractivity contribution is 5.85. The number of hydrogen-bond acceptors (Lipinski definition) is 3. The zero-order chi connectivity index (χ0) is 12.8.